The number of nitrogens with one attached hydrogen (secondary N) is 1. The summed E-state index contributed by atoms with van der Waals surface area (Å²) in [5, 5.41) is 5.45. The predicted molar refractivity (Wildman–Crippen MR) is 94.1 cm³/mol. The highest BCUT2D eigenvalue weighted by Crippen LogP contribution is 2.36. The van der Waals surface area contributed by atoms with Crippen molar-refractivity contribution in [1.82, 2.24) is 19.4 Å². The van der Waals surface area contributed by atoms with E-state index in [0.717, 1.165) is 6.07 Å². The molecule has 2 aromatic heterocycles. The summed E-state index contributed by atoms with van der Waals surface area (Å²) in [5.41, 5.74) is -1.19. The minimum absolute atomic E-state index is 0.0000249. The van der Waals surface area contributed by atoms with Crippen LogP contribution in [0.1, 0.15) is 24.3 Å². The van der Waals surface area contributed by atoms with Crippen molar-refractivity contribution in [2.45, 2.75) is 36.9 Å². The molecule has 2 fully saturated rings. The molecule has 2 aliphatic rings. The number of rotatable bonds is 3. The maximum Gasteiger partial charge on any atom is 0.432 e. The Morgan fingerprint density at radius 2 is 2.03 bits per heavy atom. The summed E-state index contributed by atoms with van der Waals surface area (Å²) in [6.45, 7) is 1.88. The quantitative estimate of drug-likeness (QED) is 0.802. The molecule has 0 aliphatic carbocycles. The lowest BCUT2D eigenvalue weighted by molar-refractivity contribution is -0.141. The maximum absolute atomic E-state index is 13.1. The van der Waals surface area contributed by atoms with E-state index in [2.05, 4.69) is 5.10 Å². The molecular weight excluding hydrogens is 413 g/mol. The first-order chi connectivity index (χ1) is 13.5. The standard InChI is InChI=1S/C17H19F3N4O4S/c1-9-14(7-13(28-9)11-6-15(22-21-11)17(18,19)20)29(26,27)24-4-3-10-5-16(25)23(2)12(10)8-24/h6-7,10,12H,3-5,8H2,1-2H3,(H,21,22)/t10-,12-/m1/s1. The summed E-state index contributed by atoms with van der Waals surface area (Å²) in [6, 6.07) is 1.77. The summed E-state index contributed by atoms with van der Waals surface area (Å²) >= 11 is 0. The number of fused-ring (bicyclic) bond motifs is 1. The number of furan rings is 1. The lowest BCUT2D eigenvalue weighted by Crippen LogP contribution is -2.49. The molecule has 2 aliphatic heterocycles. The smallest absolute Gasteiger partial charge is 0.432 e. The van der Waals surface area contributed by atoms with Crippen LogP contribution in [-0.2, 0) is 21.0 Å². The molecule has 1 N–H and O–H groups in total. The van der Waals surface area contributed by atoms with Gasteiger partial charge in [0.2, 0.25) is 15.9 Å². The Hall–Kier alpha value is -2.34. The van der Waals surface area contributed by atoms with Crippen LogP contribution < -0.4 is 0 Å². The molecule has 158 valence electrons. The van der Waals surface area contributed by atoms with Crippen molar-refractivity contribution in [1.29, 1.82) is 0 Å². The number of sulfonamides is 1. The van der Waals surface area contributed by atoms with Crippen LogP contribution in [-0.4, -0.2) is 59.9 Å². The highest BCUT2D eigenvalue weighted by Gasteiger charge is 2.44. The van der Waals surface area contributed by atoms with Gasteiger partial charge in [-0.05, 0) is 25.3 Å². The molecule has 0 saturated carbocycles. The minimum atomic E-state index is -4.60. The van der Waals surface area contributed by atoms with Gasteiger partial charge in [-0.25, -0.2) is 8.42 Å². The molecule has 0 aromatic carbocycles. The van der Waals surface area contributed by atoms with E-state index in [4.69, 9.17) is 4.42 Å². The lowest BCUT2D eigenvalue weighted by Gasteiger charge is -2.36. The molecule has 0 bridgehead atoms. The first-order valence-electron chi connectivity index (χ1n) is 8.97. The second-order valence-corrected chi connectivity index (χ2v) is 9.29. The summed E-state index contributed by atoms with van der Waals surface area (Å²) in [7, 11) is -2.27. The van der Waals surface area contributed by atoms with Crippen LogP contribution in [0.2, 0.25) is 0 Å². The number of amides is 1. The lowest BCUT2D eigenvalue weighted by atomic mass is 9.93. The van der Waals surface area contributed by atoms with Crippen LogP contribution in [0.4, 0.5) is 13.2 Å². The summed E-state index contributed by atoms with van der Waals surface area (Å²) in [6.07, 6.45) is -3.61. The number of hydrogen-bond donors (Lipinski definition) is 1. The normalized spacial score (nSPS) is 23.6. The van der Waals surface area contributed by atoms with E-state index in [1.54, 1.807) is 11.9 Å². The van der Waals surface area contributed by atoms with Crippen molar-refractivity contribution in [3.8, 4) is 11.5 Å². The topological polar surface area (TPSA) is 99.5 Å². The van der Waals surface area contributed by atoms with Crippen molar-refractivity contribution in [3.63, 3.8) is 0 Å². The number of halogens is 3. The Morgan fingerprint density at radius 3 is 2.69 bits per heavy atom. The highest BCUT2D eigenvalue weighted by atomic mass is 32.2. The average molecular weight is 432 g/mol. The van der Waals surface area contributed by atoms with Gasteiger partial charge in [0.25, 0.3) is 0 Å². The average Bonchev–Trinajstić information content (AvgIpc) is 3.33. The number of likely N-dealkylation sites (N-methyl/N-ethyl adjacent to an activating group) is 1. The second kappa shape index (κ2) is 6.59. The number of alkyl halides is 3. The van der Waals surface area contributed by atoms with Crippen molar-refractivity contribution in [2.75, 3.05) is 20.1 Å². The van der Waals surface area contributed by atoms with Gasteiger partial charge in [0.15, 0.2) is 5.76 Å². The van der Waals surface area contributed by atoms with Crippen molar-refractivity contribution in [2.24, 2.45) is 5.92 Å². The van der Waals surface area contributed by atoms with E-state index in [9.17, 15) is 26.4 Å². The summed E-state index contributed by atoms with van der Waals surface area (Å²) in [5.74, 6) is 0.121. The molecule has 2 aromatic rings. The van der Waals surface area contributed by atoms with E-state index < -0.39 is 21.9 Å². The molecular formula is C17H19F3N4O4S. The van der Waals surface area contributed by atoms with E-state index in [0.29, 0.717) is 12.8 Å². The van der Waals surface area contributed by atoms with Crippen molar-refractivity contribution >= 4 is 15.9 Å². The van der Waals surface area contributed by atoms with Crippen LogP contribution >= 0.6 is 0 Å². The number of aryl methyl sites for hydroxylation is 1. The zero-order valence-corrected chi connectivity index (χ0v) is 16.5. The number of carbonyl (C=O) groups is 1. The minimum Gasteiger partial charge on any atom is -0.458 e. The Kier molecular flexibility index (Phi) is 4.53. The van der Waals surface area contributed by atoms with Gasteiger partial charge in [-0.2, -0.15) is 22.6 Å². The van der Waals surface area contributed by atoms with Gasteiger partial charge in [-0.1, -0.05) is 0 Å². The number of aromatic amines is 1. The van der Waals surface area contributed by atoms with Gasteiger partial charge >= 0.3 is 6.18 Å². The molecule has 8 nitrogen and oxygen atoms in total. The van der Waals surface area contributed by atoms with Gasteiger partial charge in [-0.3, -0.25) is 9.89 Å². The number of aromatic nitrogens is 2. The monoisotopic (exact) mass is 432 g/mol. The van der Waals surface area contributed by atoms with Crippen LogP contribution in [0.5, 0.6) is 0 Å². The predicted octanol–water partition coefficient (Wildman–Crippen LogP) is 2.24. The number of hydrogen-bond acceptors (Lipinski definition) is 5. The Labute approximate surface area is 164 Å². The third kappa shape index (κ3) is 3.33. The van der Waals surface area contributed by atoms with E-state index >= 15 is 0 Å². The van der Waals surface area contributed by atoms with Gasteiger partial charge < -0.3 is 9.32 Å². The number of H-pyrrole nitrogens is 1. The molecule has 1 amide bonds. The Balaban J connectivity index is 1.61. The third-order valence-electron chi connectivity index (χ3n) is 5.64. The molecule has 0 spiro atoms. The number of likely N-dealkylation sites (tertiary alicyclic amines) is 1. The summed E-state index contributed by atoms with van der Waals surface area (Å²) in [4.78, 5) is 13.4. The van der Waals surface area contributed by atoms with E-state index in [-0.39, 0.29) is 53.1 Å². The molecule has 4 rings (SSSR count). The van der Waals surface area contributed by atoms with Crippen LogP contribution in [0.3, 0.4) is 0 Å². The molecule has 2 saturated heterocycles. The van der Waals surface area contributed by atoms with E-state index in [1.807, 2.05) is 5.10 Å². The number of nitrogens with zero attached hydrogens (tertiary/aromatic N) is 3. The molecule has 2 atom stereocenters. The van der Waals surface area contributed by atoms with Crippen molar-refractivity contribution in [3.05, 3.63) is 23.6 Å². The fourth-order valence-corrected chi connectivity index (χ4v) is 5.61. The fraction of sp³-hybridized carbons (Fsp3) is 0.529. The van der Waals surface area contributed by atoms with E-state index in [1.165, 1.54) is 17.3 Å². The maximum atomic E-state index is 13.1. The summed E-state index contributed by atoms with van der Waals surface area (Å²) < 4.78 is 71.3. The number of piperidine rings is 1. The second-order valence-electron chi connectivity index (χ2n) is 7.38. The van der Waals surface area contributed by atoms with Gasteiger partial charge in [0, 0.05) is 38.7 Å². The molecule has 4 heterocycles. The third-order valence-corrected chi connectivity index (χ3v) is 7.61. The van der Waals surface area contributed by atoms with Crippen LogP contribution in [0.25, 0.3) is 11.5 Å². The zero-order valence-electron chi connectivity index (χ0n) is 15.7. The zero-order chi connectivity index (χ0) is 21.1. The van der Waals surface area contributed by atoms with Gasteiger partial charge in [0.1, 0.15) is 22.0 Å². The molecule has 29 heavy (non-hydrogen) atoms. The Morgan fingerprint density at radius 1 is 1.31 bits per heavy atom. The Bertz CT molecular complexity index is 1060. The van der Waals surface area contributed by atoms with Crippen LogP contribution in [0.15, 0.2) is 21.4 Å². The SMILES string of the molecule is Cc1oc(-c2cc(C(F)(F)F)[nH]n2)cc1S(=O)(=O)N1CC[C@@H]2CC(=O)N(C)[C@@H]2C1. The molecule has 12 heteroatoms. The molecule has 0 radical (unpaired) electrons. The first-order valence-corrected chi connectivity index (χ1v) is 10.4. The molecule has 0 unspecified atom stereocenters. The fourth-order valence-electron chi connectivity index (χ4n) is 3.98. The van der Waals surface area contributed by atoms with Gasteiger partial charge in [0.05, 0.1) is 0 Å². The van der Waals surface area contributed by atoms with Crippen molar-refractivity contribution < 1.29 is 30.8 Å². The first kappa shape index (κ1) is 20.0. The number of carbonyl (C=O) groups excluding carboxylic acids is 1. The van der Waals surface area contributed by atoms with Gasteiger partial charge in [-0.15, -0.1) is 0 Å². The highest BCUT2D eigenvalue weighted by molar-refractivity contribution is 7.89. The van der Waals surface area contributed by atoms with Crippen LogP contribution in [0, 0.1) is 12.8 Å². The largest absolute Gasteiger partial charge is 0.458 e.